The summed E-state index contributed by atoms with van der Waals surface area (Å²) in [5.74, 6) is 0.159. The fourth-order valence-corrected chi connectivity index (χ4v) is 3.20. The maximum Gasteiger partial charge on any atom is 0.185 e. The highest BCUT2D eigenvalue weighted by Crippen LogP contribution is 2.37. The lowest BCUT2D eigenvalue weighted by Crippen LogP contribution is -2.34. The minimum atomic E-state index is -0.306. The third-order valence-corrected chi connectivity index (χ3v) is 4.43. The number of nitrogens with zero attached hydrogens (tertiary/aromatic N) is 4. The van der Waals surface area contributed by atoms with Crippen LogP contribution in [0.3, 0.4) is 0 Å². The van der Waals surface area contributed by atoms with E-state index in [9.17, 15) is 4.39 Å². The second-order valence-electron chi connectivity index (χ2n) is 6.17. The molecule has 1 aromatic carbocycles. The molecule has 1 aliphatic rings. The van der Waals surface area contributed by atoms with E-state index >= 15 is 0 Å². The second-order valence-corrected chi connectivity index (χ2v) is 6.17. The van der Waals surface area contributed by atoms with Gasteiger partial charge in [-0.05, 0) is 54.8 Å². The number of anilines is 1. The third-order valence-electron chi connectivity index (χ3n) is 4.43. The molecule has 3 rings (SSSR count). The first-order valence-corrected chi connectivity index (χ1v) is 7.36. The second kappa shape index (κ2) is 5.09. The van der Waals surface area contributed by atoms with Gasteiger partial charge in [-0.3, -0.25) is 0 Å². The normalized spacial score (nSPS) is 17.9. The van der Waals surface area contributed by atoms with Crippen LogP contribution in [0, 0.1) is 12.7 Å². The third kappa shape index (κ3) is 2.39. The van der Waals surface area contributed by atoms with Gasteiger partial charge in [0, 0.05) is 5.69 Å². The van der Waals surface area contributed by atoms with Crippen LogP contribution in [0.4, 0.5) is 10.1 Å². The van der Waals surface area contributed by atoms with E-state index in [0.717, 1.165) is 25.7 Å². The predicted octanol–water partition coefficient (Wildman–Crippen LogP) is 3.05. The Morgan fingerprint density at radius 3 is 2.67 bits per heavy atom. The van der Waals surface area contributed by atoms with Gasteiger partial charge in [-0.2, -0.15) is 0 Å². The van der Waals surface area contributed by atoms with Gasteiger partial charge in [0.25, 0.3) is 0 Å². The summed E-state index contributed by atoms with van der Waals surface area (Å²) in [4.78, 5) is 0. The van der Waals surface area contributed by atoms with Crippen LogP contribution in [-0.4, -0.2) is 20.2 Å². The first-order valence-electron chi connectivity index (χ1n) is 7.36. The zero-order chi connectivity index (χ0) is 15.0. The van der Waals surface area contributed by atoms with E-state index in [2.05, 4.69) is 22.4 Å². The van der Waals surface area contributed by atoms with Gasteiger partial charge in [-0.25, -0.2) is 9.07 Å². The number of nitrogen functional groups attached to an aromatic ring is 1. The van der Waals surface area contributed by atoms with Crippen molar-refractivity contribution in [2.75, 3.05) is 5.73 Å². The Labute approximate surface area is 123 Å². The van der Waals surface area contributed by atoms with Crippen LogP contribution in [0.15, 0.2) is 12.1 Å². The van der Waals surface area contributed by atoms with Crippen molar-refractivity contribution >= 4 is 5.69 Å². The first kappa shape index (κ1) is 14.0. The molecule has 1 aromatic heterocycles. The zero-order valence-electron chi connectivity index (χ0n) is 12.4. The molecule has 2 N–H and O–H groups in total. The van der Waals surface area contributed by atoms with Crippen molar-refractivity contribution in [3.8, 4) is 11.4 Å². The van der Waals surface area contributed by atoms with Gasteiger partial charge in [-0.15, -0.1) is 5.10 Å². The standard InChI is InChI=1S/C15H20FN5/c1-10-8-11(17)9-12(13(10)16)14-18-19-20-21(14)15(2)6-4-3-5-7-15/h8-9H,3-7,17H2,1-2H3. The van der Waals surface area contributed by atoms with Crippen LogP contribution < -0.4 is 5.73 Å². The Hall–Kier alpha value is -1.98. The summed E-state index contributed by atoms with van der Waals surface area (Å²) in [5.41, 5.74) is 7.11. The van der Waals surface area contributed by atoms with Gasteiger partial charge in [0.05, 0.1) is 11.1 Å². The lowest BCUT2D eigenvalue weighted by atomic mass is 9.83. The van der Waals surface area contributed by atoms with Gasteiger partial charge in [-0.1, -0.05) is 19.3 Å². The summed E-state index contributed by atoms with van der Waals surface area (Å²) in [6, 6.07) is 3.23. The largest absolute Gasteiger partial charge is 0.399 e. The van der Waals surface area contributed by atoms with Crippen molar-refractivity contribution in [1.82, 2.24) is 20.2 Å². The number of hydrogen-bond donors (Lipinski definition) is 1. The smallest absolute Gasteiger partial charge is 0.185 e. The van der Waals surface area contributed by atoms with Crippen molar-refractivity contribution in [1.29, 1.82) is 0 Å². The first-order chi connectivity index (χ1) is 10.0. The molecule has 1 fully saturated rings. The molecule has 0 aliphatic heterocycles. The summed E-state index contributed by atoms with van der Waals surface area (Å²) in [5, 5.41) is 12.0. The van der Waals surface area contributed by atoms with E-state index in [4.69, 9.17) is 5.73 Å². The summed E-state index contributed by atoms with van der Waals surface area (Å²) < 4.78 is 16.2. The maximum absolute atomic E-state index is 14.5. The number of hydrogen-bond acceptors (Lipinski definition) is 4. The van der Waals surface area contributed by atoms with E-state index in [0.29, 0.717) is 22.6 Å². The van der Waals surface area contributed by atoms with Gasteiger partial charge < -0.3 is 5.73 Å². The SMILES string of the molecule is Cc1cc(N)cc(-c2nnnn2C2(C)CCCCC2)c1F. The fourth-order valence-electron chi connectivity index (χ4n) is 3.20. The Balaban J connectivity index is 2.11. The molecule has 2 aromatic rings. The summed E-state index contributed by atoms with van der Waals surface area (Å²) >= 11 is 0. The minimum Gasteiger partial charge on any atom is -0.399 e. The molecule has 0 saturated heterocycles. The monoisotopic (exact) mass is 289 g/mol. The lowest BCUT2D eigenvalue weighted by molar-refractivity contribution is 0.196. The van der Waals surface area contributed by atoms with Crippen LogP contribution in [0.5, 0.6) is 0 Å². The fraction of sp³-hybridized carbons (Fsp3) is 0.533. The lowest BCUT2D eigenvalue weighted by Gasteiger charge is -2.34. The summed E-state index contributed by atoms with van der Waals surface area (Å²) in [7, 11) is 0. The molecule has 1 saturated carbocycles. The van der Waals surface area contributed by atoms with Crippen molar-refractivity contribution < 1.29 is 4.39 Å². The molecule has 5 nitrogen and oxygen atoms in total. The van der Waals surface area contributed by atoms with Gasteiger partial charge >= 0.3 is 0 Å². The molecule has 0 amide bonds. The Bertz CT molecular complexity index is 658. The van der Waals surface area contributed by atoms with Crippen molar-refractivity contribution in [2.45, 2.75) is 51.5 Å². The predicted molar refractivity (Wildman–Crippen MR) is 79.1 cm³/mol. The molecule has 112 valence electrons. The van der Waals surface area contributed by atoms with Crippen LogP contribution in [0.2, 0.25) is 0 Å². The molecular formula is C15H20FN5. The van der Waals surface area contributed by atoms with Crippen molar-refractivity contribution in [3.05, 3.63) is 23.5 Å². The molecular weight excluding hydrogens is 269 g/mol. The van der Waals surface area contributed by atoms with Crippen molar-refractivity contribution in [2.24, 2.45) is 0 Å². The van der Waals surface area contributed by atoms with Crippen LogP contribution in [0.25, 0.3) is 11.4 Å². The Morgan fingerprint density at radius 1 is 1.24 bits per heavy atom. The molecule has 0 radical (unpaired) electrons. The van der Waals surface area contributed by atoms with Crippen molar-refractivity contribution in [3.63, 3.8) is 0 Å². The van der Waals surface area contributed by atoms with Crippen LogP contribution in [0.1, 0.15) is 44.6 Å². The minimum absolute atomic E-state index is 0.151. The number of aromatic nitrogens is 4. The number of tetrazole rings is 1. The summed E-state index contributed by atoms with van der Waals surface area (Å²) in [6.45, 7) is 3.84. The molecule has 0 bridgehead atoms. The summed E-state index contributed by atoms with van der Waals surface area (Å²) in [6.07, 6.45) is 5.54. The van der Waals surface area contributed by atoms with Gasteiger partial charge in [0.1, 0.15) is 5.82 Å². The highest BCUT2D eigenvalue weighted by molar-refractivity contribution is 5.63. The number of benzene rings is 1. The number of nitrogens with two attached hydrogens (primary N) is 1. The molecule has 0 unspecified atom stereocenters. The number of aryl methyl sites for hydroxylation is 1. The average Bonchev–Trinajstić information content (AvgIpc) is 2.93. The number of halogens is 1. The van der Waals surface area contributed by atoms with E-state index in [1.807, 2.05) is 0 Å². The average molecular weight is 289 g/mol. The van der Waals surface area contributed by atoms with Gasteiger partial charge in [0.15, 0.2) is 5.82 Å². The highest BCUT2D eigenvalue weighted by atomic mass is 19.1. The Morgan fingerprint density at radius 2 is 1.95 bits per heavy atom. The zero-order valence-corrected chi connectivity index (χ0v) is 12.4. The number of rotatable bonds is 2. The topological polar surface area (TPSA) is 69.6 Å². The molecule has 1 aliphatic carbocycles. The van der Waals surface area contributed by atoms with E-state index in [1.54, 1.807) is 23.7 Å². The van der Waals surface area contributed by atoms with E-state index < -0.39 is 0 Å². The quantitative estimate of drug-likeness (QED) is 0.863. The molecule has 21 heavy (non-hydrogen) atoms. The Kier molecular flexibility index (Phi) is 3.39. The molecule has 0 spiro atoms. The van der Waals surface area contributed by atoms with Crippen LogP contribution in [-0.2, 0) is 5.54 Å². The van der Waals surface area contributed by atoms with Crippen LogP contribution >= 0.6 is 0 Å². The van der Waals surface area contributed by atoms with E-state index in [1.165, 1.54) is 6.42 Å². The molecule has 0 atom stereocenters. The van der Waals surface area contributed by atoms with E-state index in [-0.39, 0.29) is 11.4 Å². The highest BCUT2D eigenvalue weighted by Gasteiger charge is 2.33. The van der Waals surface area contributed by atoms with Gasteiger partial charge in [0.2, 0.25) is 0 Å². The molecule has 1 heterocycles. The molecule has 6 heteroatoms. The maximum atomic E-state index is 14.5.